The van der Waals surface area contributed by atoms with Crippen LogP contribution in [-0.4, -0.2) is 56.2 Å². The zero-order valence-corrected chi connectivity index (χ0v) is 23.1. The number of thiazole rings is 1. The van der Waals surface area contributed by atoms with Crippen molar-refractivity contribution in [2.75, 3.05) is 18.4 Å². The van der Waals surface area contributed by atoms with E-state index in [1.54, 1.807) is 41.3 Å². The Bertz CT molecular complexity index is 1560. The number of aromatic nitrogens is 2. The van der Waals surface area contributed by atoms with Crippen molar-refractivity contribution in [3.05, 3.63) is 82.4 Å². The molecule has 11 nitrogen and oxygen atoms in total. The first-order valence-corrected chi connectivity index (χ1v) is 13.9. The van der Waals surface area contributed by atoms with Crippen LogP contribution in [0.25, 0.3) is 10.9 Å². The van der Waals surface area contributed by atoms with Gasteiger partial charge in [-0.2, -0.15) is 0 Å². The number of hydrogen-bond acceptors (Lipinski definition) is 8. The number of hydroxylamine groups is 1. The largest absolute Gasteiger partial charge is 0.489 e. The van der Waals surface area contributed by atoms with Crippen LogP contribution in [0.4, 0.5) is 10.5 Å². The topological polar surface area (TPSA) is 154 Å². The minimum Gasteiger partial charge on any atom is -0.489 e. The molecule has 0 saturated carbocycles. The molecule has 2 aromatic carbocycles. The molecule has 2 aromatic heterocycles. The molecule has 0 radical (unpaired) electrons. The number of amides is 3. The second kappa shape index (κ2) is 11.9. The summed E-state index contributed by atoms with van der Waals surface area (Å²) in [5.41, 5.74) is 3.57. The van der Waals surface area contributed by atoms with Crippen molar-refractivity contribution in [3.8, 4) is 5.75 Å². The molecule has 4 N–H and O–H groups in total. The maximum Gasteiger partial charge on any atom is 0.407 e. The van der Waals surface area contributed by atoms with Crippen molar-refractivity contribution in [1.29, 1.82) is 0 Å². The number of para-hydroxylation sites is 1. The van der Waals surface area contributed by atoms with Gasteiger partial charge in [-0.15, -0.1) is 11.3 Å². The summed E-state index contributed by atoms with van der Waals surface area (Å²) in [5.74, 6) is -1.82. The van der Waals surface area contributed by atoms with E-state index in [4.69, 9.17) is 4.74 Å². The number of piperidine rings is 1. The van der Waals surface area contributed by atoms with Gasteiger partial charge in [0.1, 0.15) is 12.4 Å². The van der Waals surface area contributed by atoms with Gasteiger partial charge in [-0.05, 0) is 49.7 Å². The summed E-state index contributed by atoms with van der Waals surface area (Å²) in [7, 11) is 0. The van der Waals surface area contributed by atoms with Crippen LogP contribution in [0.15, 0.2) is 66.2 Å². The lowest BCUT2D eigenvalue weighted by Crippen LogP contribution is -2.59. The number of nitrogens with zero attached hydrogens (tertiary/aromatic N) is 3. The van der Waals surface area contributed by atoms with E-state index < -0.39 is 29.2 Å². The number of likely N-dealkylation sites (tertiary alicyclic amines) is 1. The fourth-order valence-corrected chi connectivity index (χ4v) is 6.06. The van der Waals surface area contributed by atoms with Gasteiger partial charge in [-0.3, -0.25) is 19.8 Å². The van der Waals surface area contributed by atoms with E-state index in [1.807, 2.05) is 37.3 Å². The maximum absolute atomic E-state index is 13.9. The lowest BCUT2D eigenvalue weighted by atomic mass is 9.66. The number of ether oxygens (including phenoxy) is 1. The molecule has 1 fully saturated rings. The highest BCUT2D eigenvalue weighted by atomic mass is 32.1. The standard InChI is InChI=1S/C29H29N5O6S/c1-18-14-19(22-4-2-3-5-24(22)31-18)17-40-21-8-6-20(7-9-21)32-27(36)29(15-25-30-11-13-41-25)10-12-34(28(37)38)16-23(29)26(35)33-39/h2-9,11,13-14,23,39H,10,12,15-17H2,1H3,(H,32,36)(H,33,35)(H,37,38)/t23-,29?/m1/s1. The number of rotatable bonds is 8. The Kier molecular flexibility index (Phi) is 8.13. The molecule has 0 aliphatic carbocycles. The summed E-state index contributed by atoms with van der Waals surface area (Å²) in [6.07, 6.45) is 0.592. The van der Waals surface area contributed by atoms with E-state index in [1.165, 1.54) is 11.3 Å². The molecule has 1 unspecified atom stereocenters. The number of hydrogen-bond donors (Lipinski definition) is 4. The average Bonchev–Trinajstić information content (AvgIpc) is 3.49. The van der Waals surface area contributed by atoms with Crippen LogP contribution in [-0.2, 0) is 22.6 Å². The molecule has 41 heavy (non-hydrogen) atoms. The quantitative estimate of drug-likeness (QED) is 0.180. The fraction of sp³-hybridized carbons (Fsp3) is 0.276. The van der Waals surface area contributed by atoms with Crippen LogP contribution in [0.5, 0.6) is 5.75 Å². The Morgan fingerprint density at radius 3 is 2.66 bits per heavy atom. The summed E-state index contributed by atoms with van der Waals surface area (Å²) in [6.45, 7) is 2.09. The molecule has 212 valence electrons. The van der Waals surface area contributed by atoms with Gasteiger partial charge in [0.15, 0.2) is 0 Å². The minimum atomic E-state index is -1.34. The summed E-state index contributed by atoms with van der Waals surface area (Å²) < 4.78 is 6.03. The van der Waals surface area contributed by atoms with E-state index in [0.717, 1.165) is 27.1 Å². The average molecular weight is 576 g/mol. The highest BCUT2D eigenvalue weighted by molar-refractivity contribution is 7.09. The van der Waals surface area contributed by atoms with Crippen molar-refractivity contribution in [2.24, 2.45) is 11.3 Å². The third-order valence-electron chi connectivity index (χ3n) is 7.43. The van der Waals surface area contributed by atoms with E-state index >= 15 is 0 Å². The predicted molar refractivity (Wildman–Crippen MR) is 152 cm³/mol. The van der Waals surface area contributed by atoms with Crippen LogP contribution < -0.4 is 15.5 Å². The van der Waals surface area contributed by atoms with Crippen LogP contribution in [0.1, 0.15) is 22.7 Å². The highest BCUT2D eigenvalue weighted by Crippen LogP contribution is 2.42. The van der Waals surface area contributed by atoms with Gasteiger partial charge in [0.2, 0.25) is 11.8 Å². The molecule has 0 spiro atoms. The second-order valence-electron chi connectivity index (χ2n) is 9.97. The van der Waals surface area contributed by atoms with Gasteiger partial charge in [0.25, 0.3) is 0 Å². The Morgan fingerprint density at radius 2 is 1.95 bits per heavy atom. The molecule has 1 aliphatic rings. The zero-order valence-electron chi connectivity index (χ0n) is 22.2. The first-order valence-electron chi connectivity index (χ1n) is 13.0. The number of carbonyl (C=O) groups excluding carboxylic acids is 2. The normalized spacial score (nSPS) is 18.6. The minimum absolute atomic E-state index is 0.0548. The Balaban J connectivity index is 1.34. The van der Waals surface area contributed by atoms with Crippen LogP contribution in [0.2, 0.25) is 0 Å². The summed E-state index contributed by atoms with van der Waals surface area (Å²) >= 11 is 1.34. The lowest BCUT2D eigenvalue weighted by Gasteiger charge is -2.44. The van der Waals surface area contributed by atoms with Crippen molar-refractivity contribution >= 4 is 45.8 Å². The molecule has 1 saturated heterocycles. The van der Waals surface area contributed by atoms with Gasteiger partial charge < -0.3 is 20.1 Å². The molecule has 1 aliphatic heterocycles. The van der Waals surface area contributed by atoms with Crippen molar-refractivity contribution in [1.82, 2.24) is 20.3 Å². The SMILES string of the molecule is Cc1cc(COc2ccc(NC(=O)C3(Cc4nccs4)CCN(C(=O)O)C[C@@H]3C(=O)NO)cc2)c2ccccc2n1. The number of nitrogens with one attached hydrogen (secondary N) is 2. The summed E-state index contributed by atoms with van der Waals surface area (Å²) in [5, 5.41) is 25.3. The number of benzene rings is 2. The number of carbonyl (C=O) groups is 3. The van der Waals surface area contributed by atoms with Crippen LogP contribution >= 0.6 is 11.3 Å². The smallest absolute Gasteiger partial charge is 0.407 e. The molecule has 3 amide bonds. The number of fused-ring (bicyclic) bond motifs is 1. The van der Waals surface area contributed by atoms with Gasteiger partial charge in [-0.25, -0.2) is 15.3 Å². The summed E-state index contributed by atoms with van der Waals surface area (Å²) in [4.78, 5) is 48.2. The number of aryl methyl sites for hydroxylation is 1. The van der Waals surface area contributed by atoms with Crippen molar-refractivity contribution in [3.63, 3.8) is 0 Å². The molecular formula is C29H29N5O6S. The number of carboxylic acid groups (broad SMARTS) is 1. The third-order valence-corrected chi connectivity index (χ3v) is 8.21. The maximum atomic E-state index is 13.9. The molecule has 0 bridgehead atoms. The van der Waals surface area contributed by atoms with Crippen LogP contribution in [0, 0.1) is 18.3 Å². The third kappa shape index (κ3) is 5.98. The molecular weight excluding hydrogens is 546 g/mol. The van der Waals surface area contributed by atoms with Gasteiger partial charge in [0, 0.05) is 53.4 Å². The number of pyridine rings is 1. The second-order valence-corrected chi connectivity index (χ2v) is 11.0. The molecule has 3 heterocycles. The monoisotopic (exact) mass is 575 g/mol. The van der Waals surface area contributed by atoms with Gasteiger partial charge >= 0.3 is 6.09 Å². The zero-order chi connectivity index (χ0) is 29.0. The van der Waals surface area contributed by atoms with E-state index in [9.17, 15) is 24.7 Å². The molecule has 2 atom stereocenters. The molecule has 4 aromatic rings. The predicted octanol–water partition coefficient (Wildman–Crippen LogP) is 4.25. The Hall–Kier alpha value is -4.55. The Labute approximate surface area is 239 Å². The van der Waals surface area contributed by atoms with E-state index in [2.05, 4.69) is 15.3 Å². The highest BCUT2D eigenvalue weighted by Gasteiger charge is 2.53. The van der Waals surface area contributed by atoms with Gasteiger partial charge in [-0.1, -0.05) is 18.2 Å². The van der Waals surface area contributed by atoms with Gasteiger partial charge in [0.05, 0.1) is 21.9 Å². The molecule has 12 heteroatoms. The Morgan fingerprint density at radius 1 is 1.17 bits per heavy atom. The number of anilines is 1. The van der Waals surface area contributed by atoms with E-state index in [-0.39, 0.29) is 25.9 Å². The summed E-state index contributed by atoms with van der Waals surface area (Å²) in [6, 6.07) is 16.8. The van der Waals surface area contributed by atoms with Crippen molar-refractivity contribution < 1.29 is 29.4 Å². The van der Waals surface area contributed by atoms with Crippen LogP contribution in [0.3, 0.4) is 0 Å². The fourth-order valence-electron chi connectivity index (χ4n) is 5.32. The first kappa shape index (κ1) is 28.0. The van der Waals surface area contributed by atoms with E-state index in [0.29, 0.717) is 23.1 Å². The molecule has 5 rings (SSSR count). The lowest BCUT2D eigenvalue weighted by molar-refractivity contribution is -0.148. The first-order chi connectivity index (χ1) is 19.8. The van der Waals surface area contributed by atoms with Crippen molar-refractivity contribution in [2.45, 2.75) is 26.4 Å².